The van der Waals surface area contributed by atoms with Gasteiger partial charge in [0.15, 0.2) is 0 Å². The van der Waals surface area contributed by atoms with E-state index in [0.717, 1.165) is 89.9 Å². The molecule has 3 N–H and O–H groups in total. The van der Waals surface area contributed by atoms with Crippen molar-refractivity contribution in [2.45, 2.75) is 289 Å². The molecule has 0 bridgehead atoms. The molecule has 3 atom stereocenters. The van der Waals surface area contributed by atoms with Crippen molar-refractivity contribution < 1.29 is 32.9 Å². The third-order valence-electron chi connectivity index (χ3n) is 14.4. The minimum absolute atomic E-state index is 0.0528. The molecular weight excluding hydrogens is 1020 g/mol. The van der Waals surface area contributed by atoms with Crippen LogP contribution in [0.2, 0.25) is 0 Å². The van der Waals surface area contributed by atoms with Crippen LogP contribution in [0.25, 0.3) is 0 Å². The van der Waals surface area contributed by atoms with Crippen molar-refractivity contribution in [3.63, 3.8) is 0 Å². The Hall–Kier alpha value is -3.10. The molecule has 0 saturated heterocycles. The van der Waals surface area contributed by atoms with E-state index in [1.165, 1.54) is 167 Å². The van der Waals surface area contributed by atoms with Gasteiger partial charge < -0.3 is 19.8 Å². The Balaban J connectivity index is 4.04. The van der Waals surface area contributed by atoms with Crippen molar-refractivity contribution in [3.05, 3.63) is 122 Å². The molecule has 1 amide bonds. The number of allylic oxidation sites excluding steroid dienone is 19. The topological polar surface area (TPSA) is 105 Å². The molecular formula is C72H128N2O6P+. The Morgan fingerprint density at radius 2 is 0.753 bits per heavy atom. The molecule has 0 aliphatic heterocycles. The largest absolute Gasteiger partial charge is 0.472 e. The summed E-state index contributed by atoms with van der Waals surface area (Å²) in [5, 5.41) is 13.9. The number of phosphoric acid groups is 1. The van der Waals surface area contributed by atoms with Crippen LogP contribution in [0.1, 0.15) is 277 Å². The van der Waals surface area contributed by atoms with E-state index in [1.54, 1.807) is 6.08 Å². The lowest BCUT2D eigenvalue weighted by Crippen LogP contribution is -2.45. The molecule has 466 valence electrons. The molecule has 0 rings (SSSR count). The van der Waals surface area contributed by atoms with E-state index in [-0.39, 0.29) is 19.1 Å². The number of rotatable bonds is 60. The van der Waals surface area contributed by atoms with Gasteiger partial charge >= 0.3 is 7.82 Å². The number of hydrogen-bond donors (Lipinski definition) is 3. The van der Waals surface area contributed by atoms with Crippen LogP contribution in [0.5, 0.6) is 0 Å². The van der Waals surface area contributed by atoms with Crippen LogP contribution in [-0.2, 0) is 18.4 Å². The average Bonchev–Trinajstić information content (AvgIpc) is 3.43. The summed E-state index contributed by atoms with van der Waals surface area (Å²) in [6, 6.07) is -0.869. The Morgan fingerprint density at radius 3 is 1.14 bits per heavy atom. The number of nitrogens with one attached hydrogen (secondary N) is 1. The van der Waals surface area contributed by atoms with E-state index in [4.69, 9.17) is 9.05 Å². The van der Waals surface area contributed by atoms with Gasteiger partial charge in [-0.05, 0) is 96.3 Å². The van der Waals surface area contributed by atoms with Crippen LogP contribution < -0.4 is 5.32 Å². The predicted octanol–water partition coefficient (Wildman–Crippen LogP) is 21.3. The molecule has 9 heteroatoms. The van der Waals surface area contributed by atoms with Gasteiger partial charge in [0, 0.05) is 6.42 Å². The molecule has 0 aliphatic carbocycles. The number of quaternary nitrogens is 1. The van der Waals surface area contributed by atoms with Crippen molar-refractivity contribution in [3.8, 4) is 0 Å². The Labute approximate surface area is 501 Å². The molecule has 8 nitrogen and oxygen atoms in total. The third-order valence-corrected chi connectivity index (χ3v) is 15.4. The molecule has 0 aromatic heterocycles. The highest BCUT2D eigenvalue weighted by molar-refractivity contribution is 7.47. The molecule has 0 spiro atoms. The SMILES string of the molecule is CC/C=C\C/C=C\C/C=C\C/C=C\C/C=C\C/C=C\C/C=C\C/C=C\CCCCCCCCCCCCCCCCCCC(=O)NC(COP(=O)(O)OCC[N+](C)(C)C)C(O)/C=C/CC/C=C/CCCCCCCCCCCCCC. The standard InChI is InChI=1S/C72H127N2O6P/c1-6-8-10-12-14-16-18-20-22-24-26-27-28-29-30-31-32-33-34-35-36-37-38-39-40-41-42-43-44-45-46-47-48-50-52-54-56-58-60-62-64-66-72(76)73-70(69-80-81(77,78)79-68-67-74(3,4)5)71(75)65-63-61-59-57-55-53-51-49-25-23-21-19-17-15-13-11-9-7-2/h8,10,14,16,20,22,26-27,29-30,32-33,35-36,38-39,55,57,63,65,70-71,75H,6-7,9,11-13,15,17-19,21,23-25,28,31,34,37,40-54,56,58-62,64,66-69H2,1-5H3,(H-,73,76,77,78)/p+1/b10-8-,16-14-,22-20-,27-26-,30-29-,33-32-,36-35-,39-38-,57-55+,65-63+. The van der Waals surface area contributed by atoms with E-state index >= 15 is 0 Å². The monoisotopic (exact) mass is 1150 g/mol. The molecule has 0 radical (unpaired) electrons. The van der Waals surface area contributed by atoms with E-state index < -0.39 is 20.0 Å². The summed E-state index contributed by atoms with van der Waals surface area (Å²) < 4.78 is 23.7. The van der Waals surface area contributed by atoms with E-state index in [1.807, 2.05) is 27.2 Å². The zero-order chi connectivity index (χ0) is 59.1. The minimum Gasteiger partial charge on any atom is -0.387 e. The zero-order valence-corrected chi connectivity index (χ0v) is 54.1. The summed E-state index contributed by atoms with van der Waals surface area (Å²) >= 11 is 0. The summed E-state index contributed by atoms with van der Waals surface area (Å²) in [5.74, 6) is -0.188. The van der Waals surface area contributed by atoms with Crippen LogP contribution in [0, 0.1) is 0 Å². The molecule has 0 aliphatic rings. The van der Waals surface area contributed by atoms with Gasteiger partial charge in [-0.1, -0.05) is 296 Å². The Bertz CT molecular complexity index is 1730. The van der Waals surface area contributed by atoms with Crippen LogP contribution in [-0.4, -0.2) is 73.4 Å². The van der Waals surface area contributed by atoms with Crippen LogP contribution >= 0.6 is 7.82 Å². The third kappa shape index (κ3) is 64.3. The second-order valence-corrected chi connectivity index (χ2v) is 24.9. The van der Waals surface area contributed by atoms with Crippen molar-refractivity contribution in [2.75, 3.05) is 40.9 Å². The summed E-state index contributed by atoms with van der Waals surface area (Å²) in [5.41, 5.74) is 0. The second kappa shape index (κ2) is 61.5. The van der Waals surface area contributed by atoms with Crippen LogP contribution in [0.4, 0.5) is 0 Å². The maximum Gasteiger partial charge on any atom is 0.472 e. The van der Waals surface area contributed by atoms with Crippen LogP contribution in [0.3, 0.4) is 0 Å². The van der Waals surface area contributed by atoms with Gasteiger partial charge in [0.1, 0.15) is 13.2 Å². The van der Waals surface area contributed by atoms with Crippen molar-refractivity contribution >= 4 is 13.7 Å². The summed E-state index contributed by atoms with van der Waals surface area (Å²) in [6.45, 7) is 4.69. The zero-order valence-electron chi connectivity index (χ0n) is 53.2. The Kier molecular flexibility index (Phi) is 59.1. The highest BCUT2D eigenvalue weighted by Gasteiger charge is 2.27. The first kappa shape index (κ1) is 77.9. The fourth-order valence-electron chi connectivity index (χ4n) is 9.25. The lowest BCUT2D eigenvalue weighted by atomic mass is 10.0. The number of carbonyl (C=O) groups is 1. The molecule has 81 heavy (non-hydrogen) atoms. The van der Waals surface area contributed by atoms with Gasteiger partial charge in [0.05, 0.1) is 39.9 Å². The average molecular weight is 1150 g/mol. The quantitative estimate of drug-likeness (QED) is 0.0243. The lowest BCUT2D eigenvalue weighted by Gasteiger charge is -2.25. The molecule has 0 aromatic rings. The van der Waals surface area contributed by atoms with Gasteiger partial charge in [0.25, 0.3) is 0 Å². The Morgan fingerprint density at radius 1 is 0.432 bits per heavy atom. The number of carbonyl (C=O) groups excluding carboxylic acids is 1. The fourth-order valence-corrected chi connectivity index (χ4v) is 9.99. The van der Waals surface area contributed by atoms with Crippen LogP contribution in [0.15, 0.2) is 122 Å². The van der Waals surface area contributed by atoms with E-state index in [0.29, 0.717) is 17.4 Å². The van der Waals surface area contributed by atoms with Gasteiger partial charge in [-0.3, -0.25) is 13.8 Å². The smallest absolute Gasteiger partial charge is 0.387 e. The van der Waals surface area contributed by atoms with Gasteiger partial charge in [-0.25, -0.2) is 4.57 Å². The maximum atomic E-state index is 13.0. The number of hydrogen-bond acceptors (Lipinski definition) is 5. The first-order valence-electron chi connectivity index (χ1n) is 33.4. The van der Waals surface area contributed by atoms with Gasteiger partial charge in [0.2, 0.25) is 5.91 Å². The number of aliphatic hydroxyl groups excluding tert-OH is 1. The maximum absolute atomic E-state index is 13.0. The highest BCUT2D eigenvalue weighted by Crippen LogP contribution is 2.43. The predicted molar refractivity (Wildman–Crippen MR) is 355 cm³/mol. The molecule has 3 unspecified atom stereocenters. The first-order chi connectivity index (χ1) is 39.5. The molecule has 0 aromatic carbocycles. The van der Waals surface area contributed by atoms with E-state index in [2.05, 4.69) is 129 Å². The number of likely N-dealkylation sites (N-methyl/N-ethyl adjacent to an activating group) is 1. The van der Waals surface area contributed by atoms with Crippen molar-refractivity contribution in [1.29, 1.82) is 0 Å². The first-order valence-corrected chi connectivity index (χ1v) is 34.9. The fraction of sp³-hybridized carbons (Fsp3) is 0.708. The molecule has 0 fully saturated rings. The number of phosphoric ester groups is 1. The molecule has 0 saturated carbocycles. The van der Waals surface area contributed by atoms with E-state index in [9.17, 15) is 19.4 Å². The number of unbranched alkanes of at least 4 members (excludes halogenated alkanes) is 29. The lowest BCUT2D eigenvalue weighted by molar-refractivity contribution is -0.870. The van der Waals surface area contributed by atoms with Gasteiger partial charge in [-0.15, -0.1) is 0 Å². The highest BCUT2D eigenvalue weighted by atomic mass is 31.2. The summed E-state index contributed by atoms with van der Waals surface area (Å²) in [4.78, 5) is 23.4. The van der Waals surface area contributed by atoms with Crippen molar-refractivity contribution in [1.82, 2.24) is 5.32 Å². The number of aliphatic hydroxyl groups is 1. The summed E-state index contributed by atoms with van der Waals surface area (Å²) in [6.07, 6.45) is 91.9. The second-order valence-electron chi connectivity index (χ2n) is 23.5. The number of amides is 1. The minimum atomic E-state index is -4.36. The summed E-state index contributed by atoms with van der Waals surface area (Å²) in [7, 11) is 1.55. The van der Waals surface area contributed by atoms with Crippen molar-refractivity contribution in [2.24, 2.45) is 0 Å². The molecule has 0 heterocycles. The normalized spacial score (nSPS) is 14.5. The van der Waals surface area contributed by atoms with Gasteiger partial charge in [-0.2, -0.15) is 0 Å². The number of nitrogens with zero attached hydrogens (tertiary/aromatic N) is 1.